The highest BCUT2D eigenvalue weighted by Crippen LogP contribution is 2.25. The lowest BCUT2D eigenvalue weighted by Gasteiger charge is -2.41. The molecule has 0 aliphatic heterocycles. The molecule has 0 radical (unpaired) electrons. The average molecular weight is 467 g/mol. The molecule has 0 aliphatic rings. The van der Waals surface area contributed by atoms with Crippen LogP contribution in [0, 0.1) is 0 Å². The van der Waals surface area contributed by atoms with E-state index in [1.165, 1.54) is 7.11 Å². The summed E-state index contributed by atoms with van der Waals surface area (Å²) >= 11 is 0. The summed E-state index contributed by atoms with van der Waals surface area (Å²) in [5, 5.41) is 0.767. The van der Waals surface area contributed by atoms with Gasteiger partial charge in [0, 0.05) is 12.3 Å². The Morgan fingerprint density at radius 2 is 1.07 bits per heavy atom. The first-order valence-corrected chi connectivity index (χ1v) is 21.9. The normalized spacial score (nSPS) is 16.3. The van der Waals surface area contributed by atoms with E-state index in [2.05, 4.69) is 0 Å². The molecule has 1 aromatic carbocycles. The summed E-state index contributed by atoms with van der Waals surface area (Å²) in [7, 11) is -13.0. The fraction of sp³-hybridized carbons (Fsp3) is 0.600. The lowest BCUT2D eigenvalue weighted by atomic mass is 10.4. The van der Waals surface area contributed by atoms with Gasteiger partial charge in [-0.2, -0.15) is 0 Å². The zero-order chi connectivity index (χ0) is 21.1. The standard InChI is InChI=1S/C15H34O7Si5/c1-18-27(20-24(4,5)17,15-13-11-10-12-14-15)22-26(8,9)21-25(6,7)19-23(2,3)16/h10-14,16-17H,1-9H3. The van der Waals surface area contributed by atoms with Crippen molar-refractivity contribution in [1.29, 1.82) is 0 Å². The van der Waals surface area contributed by atoms with E-state index >= 15 is 0 Å². The van der Waals surface area contributed by atoms with Crippen LogP contribution >= 0.6 is 0 Å². The highest BCUT2D eigenvalue weighted by atomic mass is 28.5. The van der Waals surface area contributed by atoms with Gasteiger partial charge in [0.15, 0.2) is 0 Å². The van der Waals surface area contributed by atoms with Crippen LogP contribution in [0.4, 0.5) is 0 Å². The van der Waals surface area contributed by atoms with Gasteiger partial charge in [0.2, 0.25) is 0 Å². The molecule has 1 aromatic rings. The minimum Gasteiger partial charge on any atom is -0.416 e. The van der Waals surface area contributed by atoms with E-state index in [9.17, 15) is 9.59 Å². The Morgan fingerprint density at radius 1 is 0.630 bits per heavy atom. The molecule has 1 atom stereocenters. The van der Waals surface area contributed by atoms with E-state index in [0.29, 0.717) is 0 Å². The van der Waals surface area contributed by atoms with Crippen molar-refractivity contribution in [1.82, 2.24) is 0 Å². The van der Waals surface area contributed by atoms with E-state index in [-0.39, 0.29) is 0 Å². The van der Waals surface area contributed by atoms with E-state index < -0.39 is 43.0 Å². The second-order valence-corrected chi connectivity index (χ2v) is 25.0. The second kappa shape index (κ2) is 8.80. The molecule has 156 valence electrons. The molecule has 0 bridgehead atoms. The maximum atomic E-state index is 10.5. The Bertz CT molecular complexity index is 601. The summed E-state index contributed by atoms with van der Waals surface area (Å²) in [6, 6.07) is 9.42. The molecule has 27 heavy (non-hydrogen) atoms. The van der Waals surface area contributed by atoms with Crippen LogP contribution in [0.5, 0.6) is 0 Å². The fourth-order valence-corrected chi connectivity index (χ4v) is 21.7. The van der Waals surface area contributed by atoms with Crippen LogP contribution in [-0.2, 0) is 20.9 Å². The molecular weight excluding hydrogens is 433 g/mol. The van der Waals surface area contributed by atoms with Crippen molar-refractivity contribution >= 4 is 48.2 Å². The monoisotopic (exact) mass is 466 g/mol. The highest BCUT2D eigenvalue weighted by molar-refractivity contribution is 6.92. The summed E-state index contributed by atoms with van der Waals surface area (Å²) in [6.07, 6.45) is 0. The van der Waals surface area contributed by atoms with Gasteiger partial charge in [0.25, 0.3) is 0 Å². The number of benzene rings is 1. The summed E-state index contributed by atoms with van der Waals surface area (Å²) < 4.78 is 30.5. The van der Waals surface area contributed by atoms with Gasteiger partial charge in [0.05, 0.1) is 0 Å². The zero-order valence-corrected chi connectivity index (χ0v) is 22.8. The van der Waals surface area contributed by atoms with Gasteiger partial charge in [-0.1, -0.05) is 30.3 Å². The van der Waals surface area contributed by atoms with E-state index in [0.717, 1.165) is 5.19 Å². The molecule has 0 heterocycles. The quantitative estimate of drug-likeness (QED) is 0.512. The first-order chi connectivity index (χ1) is 12.0. The van der Waals surface area contributed by atoms with Gasteiger partial charge in [-0.3, -0.25) is 0 Å². The predicted molar refractivity (Wildman–Crippen MR) is 118 cm³/mol. The van der Waals surface area contributed by atoms with Crippen molar-refractivity contribution in [2.24, 2.45) is 0 Å². The minimum absolute atomic E-state index is 0.767. The lowest BCUT2D eigenvalue weighted by molar-refractivity contribution is 0.178. The van der Waals surface area contributed by atoms with Gasteiger partial charge in [-0.15, -0.1) is 0 Å². The van der Waals surface area contributed by atoms with Gasteiger partial charge in [-0.25, -0.2) is 0 Å². The molecule has 0 aromatic heterocycles. The topological polar surface area (TPSA) is 86.6 Å². The third-order valence-corrected chi connectivity index (χ3v) is 18.7. The van der Waals surface area contributed by atoms with Crippen LogP contribution in [0.3, 0.4) is 0 Å². The maximum Gasteiger partial charge on any atom is 0.519 e. The largest absolute Gasteiger partial charge is 0.519 e. The smallest absolute Gasteiger partial charge is 0.416 e. The summed E-state index contributed by atoms with van der Waals surface area (Å²) in [5.41, 5.74) is 0. The van der Waals surface area contributed by atoms with Gasteiger partial charge >= 0.3 is 43.0 Å². The molecule has 1 rings (SSSR count). The van der Waals surface area contributed by atoms with Crippen molar-refractivity contribution in [3.05, 3.63) is 30.3 Å². The van der Waals surface area contributed by atoms with Crippen molar-refractivity contribution in [3.63, 3.8) is 0 Å². The molecule has 7 nitrogen and oxygen atoms in total. The van der Waals surface area contributed by atoms with Crippen LogP contribution in [-0.4, -0.2) is 59.7 Å². The first-order valence-electron chi connectivity index (χ1n) is 8.85. The minimum atomic E-state index is -3.41. The maximum absolute atomic E-state index is 10.5. The van der Waals surface area contributed by atoms with Crippen LogP contribution in [0.1, 0.15) is 0 Å². The molecule has 0 spiro atoms. The molecule has 0 saturated heterocycles. The van der Waals surface area contributed by atoms with Crippen molar-refractivity contribution in [2.45, 2.75) is 52.4 Å². The fourth-order valence-electron chi connectivity index (χ4n) is 2.87. The lowest BCUT2D eigenvalue weighted by Crippen LogP contribution is -2.67. The van der Waals surface area contributed by atoms with Crippen LogP contribution in [0.15, 0.2) is 30.3 Å². The molecule has 0 amide bonds. The molecule has 2 N–H and O–H groups in total. The van der Waals surface area contributed by atoms with E-state index in [4.69, 9.17) is 20.9 Å². The molecule has 0 fully saturated rings. The van der Waals surface area contributed by atoms with Crippen molar-refractivity contribution < 1.29 is 30.5 Å². The Hall–Kier alpha value is 0.0244. The van der Waals surface area contributed by atoms with E-state index in [1.54, 1.807) is 26.2 Å². The van der Waals surface area contributed by atoms with Gasteiger partial charge < -0.3 is 30.5 Å². The van der Waals surface area contributed by atoms with Crippen LogP contribution < -0.4 is 5.19 Å². The Labute approximate surface area is 168 Å². The number of hydrogen-bond acceptors (Lipinski definition) is 7. The van der Waals surface area contributed by atoms with E-state index in [1.807, 2.05) is 56.5 Å². The Morgan fingerprint density at radius 3 is 1.48 bits per heavy atom. The predicted octanol–water partition coefficient (Wildman–Crippen LogP) is 2.34. The third kappa shape index (κ3) is 8.92. The summed E-state index contributed by atoms with van der Waals surface area (Å²) in [6.45, 7) is 14.4. The number of rotatable bonds is 10. The first kappa shape index (κ1) is 25.1. The molecule has 0 saturated carbocycles. The van der Waals surface area contributed by atoms with Crippen LogP contribution in [0.2, 0.25) is 52.4 Å². The zero-order valence-electron chi connectivity index (χ0n) is 17.8. The average Bonchev–Trinajstić information content (AvgIpc) is 2.41. The Kier molecular flexibility index (Phi) is 8.17. The number of hydrogen-bond donors (Lipinski definition) is 2. The molecular formula is C15H34O7Si5. The molecule has 0 aliphatic carbocycles. The van der Waals surface area contributed by atoms with Crippen molar-refractivity contribution in [2.75, 3.05) is 7.11 Å². The van der Waals surface area contributed by atoms with Crippen LogP contribution in [0.25, 0.3) is 0 Å². The molecule has 12 heteroatoms. The third-order valence-electron chi connectivity index (χ3n) is 3.15. The highest BCUT2D eigenvalue weighted by Gasteiger charge is 2.53. The van der Waals surface area contributed by atoms with Gasteiger partial charge in [-0.05, 0) is 52.4 Å². The summed E-state index contributed by atoms with van der Waals surface area (Å²) in [4.78, 5) is 20.6. The second-order valence-electron chi connectivity index (χ2n) is 8.23. The Balaban J connectivity index is 3.20. The van der Waals surface area contributed by atoms with Gasteiger partial charge in [0.1, 0.15) is 0 Å². The SMILES string of the molecule is CO[Si](O[Si](C)(C)O)(O[Si](C)(C)O[Si](C)(C)O[Si](C)(C)O)c1ccccc1. The molecule has 1 unspecified atom stereocenters. The van der Waals surface area contributed by atoms with Crippen molar-refractivity contribution in [3.8, 4) is 0 Å². The summed E-state index contributed by atoms with van der Waals surface area (Å²) in [5.74, 6) is 0.